The summed E-state index contributed by atoms with van der Waals surface area (Å²) in [6, 6.07) is 5.70. The number of hydrogen-bond donors (Lipinski definition) is 1. The van der Waals surface area contributed by atoms with Crippen molar-refractivity contribution in [3.8, 4) is 23.0 Å². The molecule has 0 atom stereocenters. The minimum atomic E-state index is -0.767. The van der Waals surface area contributed by atoms with Crippen molar-refractivity contribution in [3.05, 3.63) is 46.5 Å². The van der Waals surface area contributed by atoms with Crippen molar-refractivity contribution in [2.45, 2.75) is 26.4 Å². The van der Waals surface area contributed by atoms with E-state index in [2.05, 4.69) is 15.2 Å². The van der Waals surface area contributed by atoms with Crippen molar-refractivity contribution in [2.75, 3.05) is 186 Å². The fourth-order valence-corrected chi connectivity index (χ4v) is 7.17. The highest BCUT2D eigenvalue weighted by Gasteiger charge is 2.38. The fourth-order valence-electron chi connectivity index (χ4n) is 7.17. The van der Waals surface area contributed by atoms with Crippen molar-refractivity contribution >= 4 is 35.6 Å². The van der Waals surface area contributed by atoms with E-state index in [1.807, 2.05) is 20.8 Å². The largest absolute Gasteiger partial charge is 0.487 e. The van der Waals surface area contributed by atoms with Crippen LogP contribution in [0.2, 0.25) is 0 Å². The number of carbonyl (C=O) groups excluding carboxylic acids is 5. The van der Waals surface area contributed by atoms with Gasteiger partial charge in [0.2, 0.25) is 0 Å². The Kier molecular flexibility index (Phi) is 26.0. The quantitative estimate of drug-likeness (QED) is 0.237. The van der Waals surface area contributed by atoms with Gasteiger partial charge in [-0.2, -0.15) is 0 Å². The molecule has 3 aliphatic heterocycles. The van der Waals surface area contributed by atoms with Gasteiger partial charge in [-0.1, -0.05) is 0 Å². The number of fused-ring (bicyclic) bond motifs is 3. The standard InChI is InChI=1S/C50H72N4O20/c1-50(2,3)74-49(59)52-6-8-53-9-12-63-15-18-66-22-26-70-41-30-37-38(31-42(41)71-27-23-67-19-16-64-13-10-53)46(56)54(45(37)55)34-36-35-69-21-20-68-25-29-73-44-33-40(48(58)61-5)39(47(57)60-4)32-43(44)72-28-24-65-17-14-62-11-7-51-36/h30-33H,6-29,34-35H2,1-5H3,(H,52,59)/b51-36+. The lowest BCUT2D eigenvalue weighted by atomic mass is 10.1. The predicted molar refractivity (Wildman–Crippen MR) is 262 cm³/mol. The van der Waals surface area contributed by atoms with Crippen molar-refractivity contribution in [2.24, 2.45) is 4.99 Å². The van der Waals surface area contributed by atoms with E-state index in [1.54, 1.807) is 0 Å². The molecule has 2 aromatic rings. The van der Waals surface area contributed by atoms with Crippen LogP contribution in [0.3, 0.4) is 0 Å². The van der Waals surface area contributed by atoms with E-state index < -0.39 is 35.4 Å². The van der Waals surface area contributed by atoms with Gasteiger partial charge < -0.3 is 76.4 Å². The monoisotopic (exact) mass is 1050 g/mol. The van der Waals surface area contributed by atoms with Crippen LogP contribution in [-0.2, 0) is 52.1 Å². The molecular weight excluding hydrogens is 977 g/mol. The fraction of sp³-hybridized carbons (Fsp3) is 0.640. The molecule has 2 aromatic carbocycles. The lowest BCUT2D eigenvalue weighted by molar-refractivity contribution is 0.0182. The number of imide groups is 1. The molecule has 3 amide bonds. The van der Waals surface area contributed by atoms with Gasteiger partial charge in [-0.3, -0.25) is 24.4 Å². The Balaban J connectivity index is 1.15. The summed E-state index contributed by atoms with van der Waals surface area (Å²) in [5, 5.41) is 2.79. The van der Waals surface area contributed by atoms with E-state index in [1.165, 1.54) is 38.5 Å². The van der Waals surface area contributed by atoms with Gasteiger partial charge in [0, 0.05) is 26.2 Å². The second-order valence-electron chi connectivity index (χ2n) is 17.3. The smallest absolute Gasteiger partial charge is 0.407 e. The zero-order valence-electron chi connectivity index (χ0n) is 43.2. The van der Waals surface area contributed by atoms with Gasteiger partial charge in [-0.05, 0) is 45.0 Å². The molecule has 24 heteroatoms. The Labute approximate surface area is 431 Å². The minimum absolute atomic E-state index is 0.0216. The molecule has 0 radical (unpaired) electrons. The van der Waals surface area contributed by atoms with Crippen LogP contribution in [-0.4, -0.2) is 237 Å². The summed E-state index contributed by atoms with van der Waals surface area (Å²) >= 11 is 0. The van der Waals surface area contributed by atoms with Gasteiger partial charge >= 0.3 is 18.0 Å². The van der Waals surface area contributed by atoms with Crippen LogP contribution in [0.4, 0.5) is 4.79 Å². The molecule has 0 spiro atoms. The Morgan fingerprint density at radius 1 is 0.554 bits per heavy atom. The summed E-state index contributed by atoms with van der Waals surface area (Å²) in [7, 11) is 2.39. The summed E-state index contributed by atoms with van der Waals surface area (Å²) in [5.41, 5.74) is -0.0181. The lowest BCUT2D eigenvalue weighted by Crippen LogP contribution is -2.40. The van der Waals surface area contributed by atoms with Gasteiger partial charge in [0.05, 0.1) is 161 Å². The maximum absolute atomic E-state index is 13.9. The molecule has 24 nitrogen and oxygen atoms in total. The molecular formula is C50H72N4O20. The van der Waals surface area contributed by atoms with Crippen molar-refractivity contribution in [1.82, 2.24) is 15.1 Å². The molecule has 412 valence electrons. The normalized spacial score (nSPS) is 19.5. The molecule has 0 fully saturated rings. The van der Waals surface area contributed by atoms with Crippen molar-refractivity contribution in [1.29, 1.82) is 0 Å². The minimum Gasteiger partial charge on any atom is -0.487 e. The molecule has 3 heterocycles. The number of rotatable bonds is 7. The van der Waals surface area contributed by atoms with E-state index in [0.717, 1.165) is 4.90 Å². The second-order valence-corrected chi connectivity index (χ2v) is 17.3. The molecule has 0 aliphatic carbocycles. The Bertz CT molecular complexity index is 2070. The zero-order valence-corrected chi connectivity index (χ0v) is 43.2. The van der Waals surface area contributed by atoms with E-state index in [4.69, 9.17) is 71.1 Å². The Morgan fingerprint density at radius 3 is 1.38 bits per heavy atom. The molecule has 3 aliphatic rings. The van der Waals surface area contributed by atoms with Gasteiger partial charge in [0.15, 0.2) is 23.0 Å². The third-order valence-electron chi connectivity index (χ3n) is 10.7. The molecule has 5 rings (SSSR count). The number of methoxy groups -OCH3 is 2. The number of nitrogens with zero attached hydrogens (tertiary/aromatic N) is 3. The van der Waals surface area contributed by atoms with Crippen molar-refractivity contribution in [3.63, 3.8) is 0 Å². The van der Waals surface area contributed by atoms with Crippen LogP contribution in [0.5, 0.6) is 23.0 Å². The Hall–Kier alpha value is -5.70. The number of benzene rings is 2. The summed E-state index contributed by atoms with van der Waals surface area (Å²) in [6.45, 7) is 11.9. The summed E-state index contributed by atoms with van der Waals surface area (Å²) in [4.78, 5) is 73.0. The summed E-state index contributed by atoms with van der Waals surface area (Å²) in [6.07, 6.45) is -0.474. The molecule has 74 heavy (non-hydrogen) atoms. The van der Waals surface area contributed by atoms with E-state index >= 15 is 0 Å². The first kappa shape index (κ1) is 59.2. The molecule has 0 aromatic heterocycles. The summed E-state index contributed by atoms with van der Waals surface area (Å²) < 4.78 is 85.1. The number of alkyl carbamates (subject to hydrolysis) is 1. The maximum Gasteiger partial charge on any atom is 0.407 e. The maximum atomic E-state index is 13.9. The number of nitrogens with one attached hydrogen (secondary N) is 1. The number of aliphatic imine (C=N–C) groups is 1. The molecule has 0 unspecified atom stereocenters. The van der Waals surface area contributed by atoms with Crippen LogP contribution >= 0.6 is 0 Å². The number of esters is 2. The highest BCUT2D eigenvalue weighted by molar-refractivity contribution is 6.23. The third-order valence-corrected chi connectivity index (χ3v) is 10.7. The molecule has 0 bridgehead atoms. The zero-order chi connectivity index (χ0) is 53.0. The molecule has 1 N–H and O–H groups in total. The average Bonchev–Trinajstić information content (AvgIpc) is 3.60. The van der Waals surface area contributed by atoms with Gasteiger partial charge in [0.1, 0.15) is 32.0 Å². The van der Waals surface area contributed by atoms with E-state index in [9.17, 15) is 24.0 Å². The summed E-state index contributed by atoms with van der Waals surface area (Å²) in [5.74, 6) is -1.76. The van der Waals surface area contributed by atoms with Crippen LogP contribution in [0.25, 0.3) is 0 Å². The highest BCUT2D eigenvalue weighted by Crippen LogP contribution is 2.36. The molecule has 0 saturated carbocycles. The molecule has 0 saturated heterocycles. The topological polar surface area (TPSA) is 255 Å². The van der Waals surface area contributed by atoms with Crippen LogP contribution in [0.15, 0.2) is 29.3 Å². The first-order chi connectivity index (χ1) is 35.9. The van der Waals surface area contributed by atoms with E-state index in [0.29, 0.717) is 71.5 Å². The first-order valence-corrected chi connectivity index (χ1v) is 24.6. The SMILES string of the molecule is COC(=O)c1cc2c(cc1C(=O)OC)OCCOCCOC/C(CN1C(=O)c3cc4c(cc3C1=O)OCCOCCOCCN(CCNC(=O)OC(C)(C)C)CCOCCOCCO4)=N/CCOCCOCCO2. The van der Waals surface area contributed by atoms with Gasteiger partial charge in [-0.15, -0.1) is 0 Å². The van der Waals surface area contributed by atoms with Crippen molar-refractivity contribution < 1.29 is 95.0 Å². The third kappa shape index (κ3) is 20.5. The van der Waals surface area contributed by atoms with Crippen LogP contribution in [0.1, 0.15) is 62.2 Å². The second kappa shape index (κ2) is 32.6. The predicted octanol–water partition coefficient (Wildman–Crippen LogP) is 2.50. The van der Waals surface area contributed by atoms with Crippen LogP contribution in [0, 0.1) is 0 Å². The van der Waals surface area contributed by atoms with Gasteiger partial charge in [0.25, 0.3) is 11.8 Å². The number of carbonyl (C=O) groups is 5. The Morgan fingerprint density at radius 2 is 0.946 bits per heavy atom. The highest BCUT2D eigenvalue weighted by atomic mass is 16.6. The van der Waals surface area contributed by atoms with E-state index in [-0.39, 0.29) is 151 Å². The van der Waals surface area contributed by atoms with Gasteiger partial charge in [-0.25, -0.2) is 14.4 Å². The number of ether oxygens (including phenoxy) is 15. The first-order valence-electron chi connectivity index (χ1n) is 24.6. The van der Waals surface area contributed by atoms with Crippen LogP contribution < -0.4 is 24.3 Å². The lowest BCUT2D eigenvalue weighted by Gasteiger charge is -2.23. The number of hydrogen-bond acceptors (Lipinski definition) is 22. The average molecular weight is 1050 g/mol. The number of amides is 3.